The molecule has 208 valence electrons. The van der Waals surface area contributed by atoms with Crippen molar-refractivity contribution in [3.05, 3.63) is 62.1 Å². The minimum Gasteiger partial charge on any atom is -0.495 e. The molecule has 0 fully saturated rings. The van der Waals surface area contributed by atoms with Gasteiger partial charge in [0.15, 0.2) is 0 Å². The van der Waals surface area contributed by atoms with Crippen LogP contribution in [0.4, 0.5) is 11.4 Å². The first-order valence-electron chi connectivity index (χ1n) is 11.5. The van der Waals surface area contributed by atoms with Gasteiger partial charge in [0.2, 0.25) is 21.8 Å². The number of rotatable bonds is 12. The first-order valence-corrected chi connectivity index (χ1v) is 14.1. The lowest BCUT2D eigenvalue weighted by Gasteiger charge is -2.32. The zero-order valence-corrected chi connectivity index (χ0v) is 23.9. The van der Waals surface area contributed by atoms with Crippen LogP contribution in [0.2, 0.25) is 10.0 Å². The summed E-state index contributed by atoms with van der Waals surface area (Å²) in [6.07, 6.45) is 1.50. The second kappa shape index (κ2) is 13.1. The van der Waals surface area contributed by atoms with Gasteiger partial charge in [-0.3, -0.25) is 24.0 Å². The largest absolute Gasteiger partial charge is 0.495 e. The van der Waals surface area contributed by atoms with E-state index in [1.165, 1.54) is 20.1 Å². The summed E-state index contributed by atoms with van der Waals surface area (Å²) in [6, 6.07) is 6.95. The van der Waals surface area contributed by atoms with Crippen molar-refractivity contribution in [2.75, 3.05) is 24.2 Å². The summed E-state index contributed by atoms with van der Waals surface area (Å²) in [5.74, 6) is -1.24. The summed E-state index contributed by atoms with van der Waals surface area (Å²) in [6.45, 7) is 4.22. The summed E-state index contributed by atoms with van der Waals surface area (Å²) in [4.78, 5) is 38.5. The normalized spacial score (nSPS) is 12.8. The van der Waals surface area contributed by atoms with E-state index >= 15 is 0 Å². The van der Waals surface area contributed by atoms with Crippen LogP contribution in [-0.4, -0.2) is 62.0 Å². The first kappa shape index (κ1) is 31.1. The van der Waals surface area contributed by atoms with Gasteiger partial charge in [-0.2, -0.15) is 0 Å². The minimum absolute atomic E-state index is 0.00270. The zero-order valence-electron chi connectivity index (χ0n) is 21.6. The van der Waals surface area contributed by atoms with Crippen LogP contribution in [0.3, 0.4) is 0 Å². The predicted octanol–water partition coefficient (Wildman–Crippen LogP) is 4.01. The quantitative estimate of drug-likeness (QED) is 0.292. The van der Waals surface area contributed by atoms with Crippen LogP contribution in [-0.2, 0) is 26.2 Å². The van der Waals surface area contributed by atoms with Crippen molar-refractivity contribution in [1.82, 2.24) is 10.2 Å². The highest BCUT2D eigenvalue weighted by Crippen LogP contribution is 2.34. The number of amides is 2. The molecule has 2 amide bonds. The maximum absolute atomic E-state index is 13.7. The molecule has 0 saturated carbocycles. The Morgan fingerprint density at radius 2 is 1.76 bits per heavy atom. The monoisotopic (exact) mass is 588 g/mol. The number of hydrogen-bond acceptors (Lipinski definition) is 7. The highest BCUT2D eigenvalue weighted by Gasteiger charge is 2.33. The molecular weight excluding hydrogens is 559 g/mol. The topological polar surface area (TPSA) is 139 Å². The van der Waals surface area contributed by atoms with Crippen LogP contribution in [0.15, 0.2) is 36.4 Å². The van der Waals surface area contributed by atoms with Crippen LogP contribution >= 0.6 is 23.2 Å². The lowest BCUT2D eigenvalue weighted by atomic mass is 10.1. The third-order valence-electron chi connectivity index (χ3n) is 5.88. The molecule has 0 bridgehead atoms. The van der Waals surface area contributed by atoms with Crippen molar-refractivity contribution in [2.24, 2.45) is 0 Å². The molecule has 0 aromatic heterocycles. The fourth-order valence-corrected chi connectivity index (χ4v) is 4.85. The van der Waals surface area contributed by atoms with Gasteiger partial charge in [0.25, 0.3) is 5.69 Å². The van der Waals surface area contributed by atoms with Crippen molar-refractivity contribution < 1.29 is 27.7 Å². The first-order chi connectivity index (χ1) is 17.7. The third kappa shape index (κ3) is 7.71. The fourth-order valence-electron chi connectivity index (χ4n) is 3.48. The van der Waals surface area contributed by atoms with Crippen LogP contribution in [0, 0.1) is 10.1 Å². The van der Waals surface area contributed by atoms with Crippen LogP contribution in [0.5, 0.6) is 5.75 Å². The van der Waals surface area contributed by atoms with Crippen molar-refractivity contribution in [3.63, 3.8) is 0 Å². The van der Waals surface area contributed by atoms with E-state index < -0.39 is 45.0 Å². The number of carbonyl (C=O) groups excluding carboxylic acids is 2. The molecule has 0 heterocycles. The van der Waals surface area contributed by atoms with Crippen LogP contribution in [0.1, 0.15) is 32.8 Å². The van der Waals surface area contributed by atoms with Crippen LogP contribution < -0.4 is 14.4 Å². The highest BCUT2D eigenvalue weighted by atomic mass is 35.5. The number of nitrogens with zero attached hydrogens (tertiary/aromatic N) is 3. The van der Waals surface area contributed by atoms with E-state index in [9.17, 15) is 28.1 Å². The molecular formula is C24H30Cl2N4O7S. The molecule has 2 aromatic carbocycles. The van der Waals surface area contributed by atoms with Gasteiger partial charge in [-0.25, -0.2) is 8.42 Å². The van der Waals surface area contributed by atoms with E-state index in [4.69, 9.17) is 27.9 Å². The summed E-state index contributed by atoms with van der Waals surface area (Å²) < 4.78 is 31.5. The average molecular weight is 589 g/mol. The Morgan fingerprint density at radius 1 is 1.16 bits per heavy atom. The molecule has 0 aliphatic carbocycles. The predicted molar refractivity (Wildman–Crippen MR) is 146 cm³/mol. The molecule has 0 aliphatic rings. The second-order valence-electron chi connectivity index (χ2n) is 8.60. The van der Waals surface area contributed by atoms with E-state index in [-0.39, 0.29) is 34.1 Å². The van der Waals surface area contributed by atoms with Crippen molar-refractivity contribution >= 4 is 56.4 Å². The number of sulfonamides is 1. The SMILES string of the molecule is CC[C@H](C)NC(=O)[C@@H](C)N(Cc1c(Cl)cccc1Cl)C(=O)CN(c1cc([N+](=O)[O-])ccc1OC)S(C)(=O)=O. The number of ether oxygens (including phenoxy) is 1. The van der Waals surface area contributed by atoms with Gasteiger partial charge in [0, 0.05) is 40.3 Å². The maximum Gasteiger partial charge on any atom is 0.271 e. The number of benzene rings is 2. The van der Waals surface area contributed by atoms with E-state index in [1.54, 1.807) is 18.2 Å². The van der Waals surface area contributed by atoms with Crippen molar-refractivity contribution in [3.8, 4) is 5.75 Å². The molecule has 0 radical (unpaired) electrons. The Balaban J connectivity index is 2.57. The molecule has 38 heavy (non-hydrogen) atoms. The van der Waals surface area contributed by atoms with Gasteiger partial charge in [-0.15, -0.1) is 0 Å². The summed E-state index contributed by atoms with van der Waals surface area (Å²) in [7, 11) is -2.89. The average Bonchev–Trinajstić information content (AvgIpc) is 2.85. The van der Waals surface area contributed by atoms with Crippen molar-refractivity contribution in [2.45, 2.75) is 45.8 Å². The summed E-state index contributed by atoms with van der Waals surface area (Å²) in [5.41, 5.74) is -0.237. The summed E-state index contributed by atoms with van der Waals surface area (Å²) in [5, 5.41) is 14.7. The molecule has 0 spiro atoms. The third-order valence-corrected chi connectivity index (χ3v) is 7.71. The number of methoxy groups -OCH3 is 1. The van der Waals surface area contributed by atoms with Gasteiger partial charge in [0.05, 0.1) is 18.3 Å². The number of hydrogen-bond donors (Lipinski definition) is 1. The number of nitro benzene ring substituents is 1. The lowest BCUT2D eigenvalue weighted by molar-refractivity contribution is -0.384. The van der Waals surface area contributed by atoms with E-state index in [0.29, 0.717) is 16.3 Å². The van der Waals surface area contributed by atoms with Gasteiger partial charge in [0.1, 0.15) is 24.0 Å². The number of non-ortho nitro benzene ring substituents is 1. The molecule has 11 nitrogen and oxygen atoms in total. The van der Waals surface area contributed by atoms with E-state index in [1.807, 2.05) is 13.8 Å². The standard InChI is InChI=1S/C24H30Cl2N4O7S/c1-6-15(2)27-24(32)16(3)28(13-18-19(25)8-7-9-20(18)26)23(31)14-29(38(5,35)36)21-12-17(30(33)34)10-11-22(21)37-4/h7-12,15-16H,6,13-14H2,1-5H3,(H,27,32)/t15-,16+/m0/s1. The smallest absolute Gasteiger partial charge is 0.271 e. The number of nitrogens with one attached hydrogen (secondary N) is 1. The number of nitro groups is 1. The highest BCUT2D eigenvalue weighted by molar-refractivity contribution is 7.92. The van der Waals surface area contributed by atoms with Crippen molar-refractivity contribution in [1.29, 1.82) is 0 Å². The molecule has 0 aliphatic heterocycles. The van der Waals surface area contributed by atoms with E-state index in [0.717, 1.165) is 23.3 Å². The fraction of sp³-hybridized carbons (Fsp3) is 0.417. The van der Waals surface area contributed by atoms with Gasteiger partial charge in [-0.1, -0.05) is 36.2 Å². The molecule has 0 unspecified atom stereocenters. The molecule has 0 saturated heterocycles. The molecule has 2 aromatic rings. The molecule has 14 heteroatoms. The van der Waals surface area contributed by atoms with Crippen LogP contribution in [0.25, 0.3) is 0 Å². The molecule has 2 rings (SSSR count). The Kier molecular flexibility index (Phi) is 10.7. The van der Waals surface area contributed by atoms with E-state index in [2.05, 4.69) is 5.32 Å². The zero-order chi connectivity index (χ0) is 28.8. The number of carbonyl (C=O) groups is 2. The van der Waals surface area contributed by atoms with Gasteiger partial charge < -0.3 is 15.0 Å². The Hall–Kier alpha value is -3.09. The number of halogens is 2. The second-order valence-corrected chi connectivity index (χ2v) is 11.3. The Bertz CT molecular complexity index is 1290. The molecule has 1 N–H and O–H groups in total. The minimum atomic E-state index is -4.15. The van der Waals surface area contributed by atoms with Gasteiger partial charge in [-0.05, 0) is 38.5 Å². The lowest BCUT2D eigenvalue weighted by Crippen LogP contribution is -2.52. The summed E-state index contributed by atoms with van der Waals surface area (Å²) >= 11 is 12.6. The van der Waals surface area contributed by atoms with Gasteiger partial charge >= 0.3 is 0 Å². The Morgan fingerprint density at radius 3 is 2.26 bits per heavy atom. The maximum atomic E-state index is 13.7. The number of anilines is 1. The Labute approximate surface area is 231 Å². The molecule has 2 atom stereocenters.